The van der Waals surface area contributed by atoms with Crippen molar-refractivity contribution in [2.45, 2.75) is 53.6 Å². The van der Waals surface area contributed by atoms with Crippen LogP contribution in [0, 0.1) is 13.8 Å². The molecule has 0 aliphatic carbocycles. The van der Waals surface area contributed by atoms with E-state index < -0.39 is 0 Å². The third-order valence-electron chi connectivity index (χ3n) is 3.63. The van der Waals surface area contributed by atoms with Gasteiger partial charge >= 0.3 is 0 Å². The quantitative estimate of drug-likeness (QED) is 0.789. The van der Waals surface area contributed by atoms with E-state index in [2.05, 4.69) is 49.8 Å². The summed E-state index contributed by atoms with van der Waals surface area (Å²) >= 11 is 1.90. The lowest BCUT2D eigenvalue weighted by Crippen LogP contribution is -2.15. The number of rotatable bonds is 7. The second-order valence-corrected chi connectivity index (χ2v) is 6.46. The van der Waals surface area contributed by atoms with Crippen LogP contribution < -0.4 is 5.32 Å². The summed E-state index contributed by atoms with van der Waals surface area (Å²) in [5.41, 5.74) is 3.79. The summed E-state index contributed by atoms with van der Waals surface area (Å²) in [6.45, 7) is 11.6. The summed E-state index contributed by atoms with van der Waals surface area (Å²) < 4.78 is 2.14. The van der Waals surface area contributed by atoms with E-state index in [1.54, 1.807) is 0 Å². The Balaban J connectivity index is 2.10. The standard InChI is InChI=1S/C16H25N3S/c1-5-9-17-10-16-12(3)18-19(13(16)4)11-15-8-7-14(6-2)20-15/h7-8,17H,5-6,9-11H2,1-4H3. The summed E-state index contributed by atoms with van der Waals surface area (Å²) in [5.74, 6) is 0. The summed E-state index contributed by atoms with van der Waals surface area (Å²) in [6.07, 6.45) is 2.29. The van der Waals surface area contributed by atoms with Gasteiger partial charge < -0.3 is 5.32 Å². The van der Waals surface area contributed by atoms with E-state index >= 15 is 0 Å². The average molecular weight is 291 g/mol. The molecule has 0 amide bonds. The molecule has 20 heavy (non-hydrogen) atoms. The fourth-order valence-electron chi connectivity index (χ4n) is 2.38. The summed E-state index contributed by atoms with van der Waals surface area (Å²) in [5, 5.41) is 8.18. The van der Waals surface area contributed by atoms with E-state index in [9.17, 15) is 0 Å². The molecule has 0 aromatic carbocycles. The zero-order valence-corrected chi connectivity index (χ0v) is 13.8. The van der Waals surface area contributed by atoms with Crippen molar-refractivity contribution in [3.8, 4) is 0 Å². The van der Waals surface area contributed by atoms with Gasteiger partial charge in [-0.05, 0) is 45.4 Å². The molecule has 2 aromatic rings. The minimum Gasteiger partial charge on any atom is -0.313 e. The summed E-state index contributed by atoms with van der Waals surface area (Å²) in [6, 6.07) is 4.46. The van der Waals surface area contributed by atoms with E-state index in [1.165, 1.54) is 27.4 Å². The SMILES string of the molecule is CCCNCc1c(C)nn(Cc2ccc(CC)s2)c1C. The zero-order valence-electron chi connectivity index (χ0n) is 13.0. The van der Waals surface area contributed by atoms with Crippen molar-refractivity contribution in [3.63, 3.8) is 0 Å². The van der Waals surface area contributed by atoms with Crippen LogP contribution in [-0.4, -0.2) is 16.3 Å². The van der Waals surface area contributed by atoms with Crippen LogP contribution in [0.15, 0.2) is 12.1 Å². The van der Waals surface area contributed by atoms with Crippen LogP contribution >= 0.6 is 11.3 Å². The Morgan fingerprint density at radius 3 is 2.60 bits per heavy atom. The number of nitrogens with one attached hydrogen (secondary N) is 1. The van der Waals surface area contributed by atoms with E-state index in [4.69, 9.17) is 5.10 Å². The van der Waals surface area contributed by atoms with Gasteiger partial charge in [0.05, 0.1) is 12.2 Å². The highest BCUT2D eigenvalue weighted by atomic mass is 32.1. The van der Waals surface area contributed by atoms with Gasteiger partial charge in [-0.25, -0.2) is 0 Å². The van der Waals surface area contributed by atoms with Crippen LogP contribution in [0.3, 0.4) is 0 Å². The molecule has 0 unspecified atom stereocenters. The largest absolute Gasteiger partial charge is 0.313 e. The van der Waals surface area contributed by atoms with Gasteiger partial charge in [0.2, 0.25) is 0 Å². The van der Waals surface area contributed by atoms with E-state index in [1.807, 2.05) is 11.3 Å². The van der Waals surface area contributed by atoms with E-state index in [-0.39, 0.29) is 0 Å². The number of thiophene rings is 1. The molecule has 0 saturated carbocycles. The topological polar surface area (TPSA) is 29.9 Å². The third-order valence-corrected chi connectivity index (χ3v) is 4.85. The van der Waals surface area contributed by atoms with Crippen LogP contribution in [-0.2, 0) is 19.5 Å². The number of hydrogen-bond acceptors (Lipinski definition) is 3. The third kappa shape index (κ3) is 3.49. The van der Waals surface area contributed by atoms with Crippen LogP contribution in [0.1, 0.15) is 47.0 Å². The number of hydrogen-bond donors (Lipinski definition) is 1. The molecule has 2 heterocycles. The molecule has 2 rings (SSSR count). The molecule has 4 heteroatoms. The van der Waals surface area contributed by atoms with E-state index in [0.717, 1.165) is 31.7 Å². The van der Waals surface area contributed by atoms with Crippen molar-refractivity contribution in [1.82, 2.24) is 15.1 Å². The first-order valence-electron chi connectivity index (χ1n) is 7.46. The highest BCUT2D eigenvalue weighted by molar-refractivity contribution is 7.11. The van der Waals surface area contributed by atoms with E-state index in [0.29, 0.717) is 0 Å². The van der Waals surface area contributed by atoms with Crippen molar-refractivity contribution in [2.75, 3.05) is 6.54 Å². The molecule has 0 aliphatic rings. The lowest BCUT2D eigenvalue weighted by molar-refractivity contribution is 0.655. The number of nitrogens with zero attached hydrogens (tertiary/aromatic N) is 2. The maximum Gasteiger partial charge on any atom is 0.0755 e. The van der Waals surface area contributed by atoms with Gasteiger partial charge in [0.25, 0.3) is 0 Å². The minimum atomic E-state index is 0.894. The van der Waals surface area contributed by atoms with Gasteiger partial charge in [-0.1, -0.05) is 13.8 Å². The van der Waals surface area contributed by atoms with Crippen molar-refractivity contribution in [3.05, 3.63) is 38.8 Å². The zero-order chi connectivity index (χ0) is 14.5. The summed E-state index contributed by atoms with van der Waals surface area (Å²) in [7, 11) is 0. The maximum absolute atomic E-state index is 4.70. The highest BCUT2D eigenvalue weighted by Crippen LogP contribution is 2.20. The highest BCUT2D eigenvalue weighted by Gasteiger charge is 2.11. The van der Waals surface area contributed by atoms with Crippen LogP contribution in [0.2, 0.25) is 0 Å². The lowest BCUT2D eigenvalue weighted by Gasteiger charge is -2.05. The molecule has 0 aliphatic heterocycles. The maximum atomic E-state index is 4.70. The fourth-order valence-corrected chi connectivity index (χ4v) is 3.32. The molecular weight excluding hydrogens is 266 g/mol. The van der Waals surface area contributed by atoms with Crippen LogP contribution in [0.25, 0.3) is 0 Å². The summed E-state index contributed by atoms with van der Waals surface area (Å²) in [4.78, 5) is 2.84. The molecule has 1 N–H and O–H groups in total. The minimum absolute atomic E-state index is 0.894. The predicted octanol–water partition coefficient (Wildman–Crippen LogP) is 3.67. The first kappa shape index (κ1) is 15.3. The van der Waals surface area contributed by atoms with Crippen molar-refractivity contribution < 1.29 is 0 Å². The molecule has 0 atom stereocenters. The molecule has 0 spiro atoms. The average Bonchev–Trinajstić information content (AvgIpc) is 2.99. The Morgan fingerprint density at radius 1 is 1.20 bits per heavy atom. The molecule has 110 valence electrons. The molecule has 0 saturated heterocycles. The van der Waals surface area contributed by atoms with Gasteiger partial charge in [-0.15, -0.1) is 11.3 Å². The molecule has 2 aromatic heterocycles. The second kappa shape index (κ2) is 7.04. The van der Waals surface area contributed by atoms with Gasteiger partial charge in [0, 0.05) is 27.6 Å². The smallest absolute Gasteiger partial charge is 0.0755 e. The number of aryl methyl sites for hydroxylation is 2. The van der Waals surface area contributed by atoms with Crippen molar-refractivity contribution in [2.24, 2.45) is 0 Å². The van der Waals surface area contributed by atoms with Gasteiger partial charge in [-0.3, -0.25) is 4.68 Å². The molecule has 0 radical (unpaired) electrons. The Morgan fingerprint density at radius 2 is 1.95 bits per heavy atom. The molecule has 0 bridgehead atoms. The predicted molar refractivity (Wildman–Crippen MR) is 86.5 cm³/mol. The lowest BCUT2D eigenvalue weighted by atomic mass is 10.2. The Bertz CT molecular complexity index is 554. The van der Waals surface area contributed by atoms with Crippen LogP contribution in [0.4, 0.5) is 0 Å². The molecule has 3 nitrogen and oxygen atoms in total. The first-order chi connectivity index (χ1) is 9.65. The Kier molecular flexibility index (Phi) is 5.38. The van der Waals surface area contributed by atoms with Gasteiger partial charge in [-0.2, -0.15) is 5.10 Å². The fraction of sp³-hybridized carbons (Fsp3) is 0.562. The van der Waals surface area contributed by atoms with Crippen molar-refractivity contribution >= 4 is 11.3 Å². The number of aromatic nitrogens is 2. The molecular formula is C16H25N3S. The van der Waals surface area contributed by atoms with Gasteiger partial charge in [0.15, 0.2) is 0 Å². The Hall–Kier alpha value is -1.13. The van der Waals surface area contributed by atoms with Crippen molar-refractivity contribution in [1.29, 1.82) is 0 Å². The second-order valence-electron chi connectivity index (χ2n) is 5.21. The Labute approximate surface area is 126 Å². The molecule has 0 fully saturated rings. The normalized spacial score (nSPS) is 11.2. The first-order valence-corrected chi connectivity index (χ1v) is 8.28. The van der Waals surface area contributed by atoms with Crippen LogP contribution in [0.5, 0.6) is 0 Å². The monoisotopic (exact) mass is 291 g/mol. The van der Waals surface area contributed by atoms with Gasteiger partial charge in [0.1, 0.15) is 0 Å².